The second kappa shape index (κ2) is 6.12. The van der Waals surface area contributed by atoms with Crippen molar-refractivity contribution in [3.63, 3.8) is 0 Å². The minimum Gasteiger partial charge on any atom is -0.324 e. The fraction of sp³-hybridized carbons (Fsp3) is 0.700. The Morgan fingerprint density at radius 1 is 0.857 bits per heavy atom. The maximum atomic E-state index is 6.71. The largest absolute Gasteiger partial charge is 0.324 e. The Hall–Kier alpha value is -0.820. The van der Waals surface area contributed by atoms with Crippen molar-refractivity contribution < 1.29 is 0 Å². The SMILES string of the molecule is Cc1cc(C)c(C(N)C2CCC3CCCCC3C2)cc1C. The first-order valence-corrected chi connectivity index (χ1v) is 8.89. The van der Waals surface area contributed by atoms with Crippen LogP contribution in [-0.2, 0) is 0 Å². The average molecular weight is 285 g/mol. The summed E-state index contributed by atoms with van der Waals surface area (Å²) in [5, 5.41) is 0. The van der Waals surface area contributed by atoms with Gasteiger partial charge in [0.15, 0.2) is 0 Å². The monoisotopic (exact) mass is 285 g/mol. The molecule has 0 saturated heterocycles. The molecule has 3 rings (SSSR count). The van der Waals surface area contributed by atoms with Gasteiger partial charge >= 0.3 is 0 Å². The third-order valence-corrected chi connectivity index (χ3v) is 6.33. The molecule has 0 radical (unpaired) electrons. The van der Waals surface area contributed by atoms with Crippen molar-refractivity contribution in [2.45, 2.75) is 71.8 Å². The Balaban J connectivity index is 1.76. The Labute approximate surface area is 130 Å². The molecule has 1 aromatic rings. The van der Waals surface area contributed by atoms with Crippen LogP contribution in [0.2, 0.25) is 0 Å². The highest BCUT2D eigenvalue weighted by Gasteiger charge is 2.35. The third-order valence-electron chi connectivity index (χ3n) is 6.33. The van der Waals surface area contributed by atoms with Crippen LogP contribution >= 0.6 is 0 Å². The quantitative estimate of drug-likeness (QED) is 0.792. The predicted molar refractivity (Wildman–Crippen MR) is 90.4 cm³/mol. The standard InChI is InChI=1S/C20H31N/c1-13-10-15(3)19(11-14(13)2)20(21)18-9-8-16-6-4-5-7-17(16)12-18/h10-11,16-18,20H,4-9,12,21H2,1-3H3. The van der Waals surface area contributed by atoms with Crippen LogP contribution in [0.4, 0.5) is 0 Å². The van der Waals surface area contributed by atoms with Gasteiger partial charge in [-0.25, -0.2) is 0 Å². The molecule has 4 unspecified atom stereocenters. The highest BCUT2D eigenvalue weighted by molar-refractivity contribution is 5.38. The van der Waals surface area contributed by atoms with E-state index < -0.39 is 0 Å². The topological polar surface area (TPSA) is 26.0 Å². The highest BCUT2D eigenvalue weighted by Crippen LogP contribution is 2.46. The Bertz CT molecular complexity index is 505. The van der Waals surface area contributed by atoms with Gasteiger partial charge in [0.1, 0.15) is 0 Å². The second-order valence-electron chi connectivity index (χ2n) is 7.70. The normalized spacial score (nSPS) is 30.8. The van der Waals surface area contributed by atoms with E-state index in [0.29, 0.717) is 5.92 Å². The summed E-state index contributed by atoms with van der Waals surface area (Å²) in [6.45, 7) is 6.64. The molecule has 2 aliphatic carbocycles. The molecular formula is C20H31N. The van der Waals surface area contributed by atoms with E-state index in [9.17, 15) is 0 Å². The van der Waals surface area contributed by atoms with Gasteiger partial charge in [0.2, 0.25) is 0 Å². The number of fused-ring (bicyclic) bond motifs is 1. The van der Waals surface area contributed by atoms with Crippen LogP contribution < -0.4 is 5.73 Å². The lowest BCUT2D eigenvalue weighted by Crippen LogP contribution is -2.33. The molecule has 0 heterocycles. The molecule has 0 amide bonds. The summed E-state index contributed by atoms with van der Waals surface area (Å²) in [6, 6.07) is 4.91. The summed E-state index contributed by atoms with van der Waals surface area (Å²) >= 11 is 0. The molecular weight excluding hydrogens is 254 g/mol. The second-order valence-corrected chi connectivity index (χ2v) is 7.70. The van der Waals surface area contributed by atoms with E-state index in [1.807, 2.05) is 0 Å². The van der Waals surface area contributed by atoms with E-state index >= 15 is 0 Å². The lowest BCUT2D eigenvalue weighted by atomic mass is 9.65. The van der Waals surface area contributed by atoms with Gasteiger partial charge in [0.05, 0.1) is 0 Å². The summed E-state index contributed by atoms with van der Waals surface area (Å²) in [4.78, 5) is 0. The Morgan fingerprint density at radius 3 is 2.29 bits per heavy atom. The Morgan fingerprint density at radius 2 is 1.52 bits per heavy atom. The van der Waals surface area contributed by atoms with Crippen molar-refractivity contribution in [2.75, 3.05) is 0 Å². The molecule has 0 spiro atoms. The van der Waals surface area contributed by atoms with Gasteiger partial charge in [-0.15, -0.1) is 0 Å². The molecule has 1 heteroatoms. The van der Waals surface area contributed by atoms with Crippen molar-refractivity contribution >= 4 is 0 Å². The molecule has 0 aliphatic heterocycles. The van der Waals surface area contributed by atoms with Gasteiger partial charge in [-0.05, 0) is 80.0 Å². The van der Waals surface area contributed by atoms with Crippen LogP contribution in [0.3, 0.4) is 0 Å². The van der Waals surface area contributed by atoms with Gasteiger partial charge < -0.3 is 5.73 Å². The van der Waals surface area contributed by atoms with Crippen molar-refractivity contribution in [1.82, 2.24) is 0 Å². The predicted octanol–water partition coefficient (Wildman–Crippen LogP) is 5.22. The molecule has 4 atom stereocenters. The summed E-state index contributed by atoms with van der Waals surface area (Å²) in [7, 11) is 0. The van der Waals surface area contributed by atoms with Crippen LogP contribution in [0.1, 0.15) is 73.2 Å². The highest BCUT2D eigenvalue weighted by atomic mass is 14.7. The summed E-state index contributed by atoms with van der Waals surface area (Å²) < 4.78 is 0. The van der Waals surface area contributed by atoms with Crippen molar-refractivity contribution in [1.29, 1.82) is 0 Å². The number of nitrogens with two attached hydrogens (primary N) is 1. The fourth-order valence-electron chi connectivity index (χ4n) is 4.83. The molecule has 21 heavy (non-hydrogen) atoms. The molecule has 0 aromatic heterocycles. The number of aryl methyl sites for hydroxylation is 3. The Kier molecular flexibility index (Phi) is 4.40. The molecule has 0 bridgehead atoms. The summed E-state index contributed by atoms with van der Waals surface area (Å²) in [6.07, 6.45) is 9.99. The van der Waals surface area contributed by atoms with Crippen LogP contribution in [0.25, 0.3) is 0 Å². The first kappa shape index (κ1) is 15.1. The lowest BCUT2D eigenvalue weighted by molar-refractivity contribution is 0.117. The molecule has 2 aliphatic rings. The number of hydrogen-bond acceptors (Lipinski definition) is 1. The van der Waals surface area contributed by atoms with Gasteiger partial charge in [-0.2, -0.15) is 0 Å². The molecule has 1 nitrogen and oxygen atoms in total. The van der Waals surface area contributed by atoms with Gasteiger partial charge in [-0.3, -0.25) is 0 Å². The van der Waals surface area contributed by atoms with Gasteiger partial charge in [-0.1, -0.05) is 37.8 Å². The zero-order valence-corrected chi connectivity index (χ0v) is 14.0. The van der Waals surface area contributed by atoms with E-state index in [1.165, 1.54) is 67.2 Å². The van der Waals surface area contributed by atoms with E-state index in [1.54, 1.807) is 0 Å². The maximum Gasteiger partial charge on any atom is 0.0326 e. The zero-order valence-electron chi connectivity index (χ0n) is 14.0. The molecule has 116 valence electrons. The van der Waals surface area contributed by atoms with Gasteiger partial charge in [0.25, 0.3) is 0 Å². The van der Waals surface area contributed by atoms with Gasteiger partial charge in [0, 0.05) is 6.04 Å². The molecule has 1 aromatic carbocycles. The third kappa shape index (κ3) is 3.04. The first-order valence-electron chi connectivity index (χ1n) is 8.89. The van der Waals surface area contributed by atoms with Crippen LogP contribution in [-0.4, -0.2) is 0 Å². The van der Waals surface area contributed by atoms with Crippen molar-refractivity contribution in [3.05, 3.63) is 34.4 Å². The minimum absolute atomic E-state index is 0.243. The van der Waals surface area contributed by atoms with Crippen LogP contribution in [0, 0.1) is 38.5 Å². The number of benzene rings is 1. The smallest absolute Gasteiger partial charge is 0.0326 e. The zero-order chi connectivity index (χ0) is 15.0. The molecule has 2 N–H and O–H groups in total. The maximum absolute atomic E-state index is 6.71. The first-order chi connectivity index (χ1) is 10.1. The van der Waals surface area contributed by atoms with Crippen molar-refractivity contribution in [2.24, 2.45) is 23.5 Å². The fourth-order valence-corrected chi connectivity index (χ4v) is 4.83. The minimum atomic E-state index is 0.243. The number of hydrogen-bond donors (Lipinski definition) is 1. The van der Waals surface area contributed by atoms with Crippen LogP contribution in [0.15, 0.2) is 12.1 Å². The average Bonchev–Trinajstić information content (AvgIpc) is 2.50. The summed E-state index contributed by atoms with van der Waals surface area (Å²) in [5.74, 6) is 2.68. The summed E-state index contributed by atoms with van der Waals surface area (Å²) in [5.41, 5.74) is 12.3. The van der Waals surface area contributed by atoms with E-state index in [2.05, 4.69) is 32.9 Å². The van der Waals surface area contributed by atoms with E-state index in [4.69, 9.17) is 5.73 Å². The molecule has 2 saturated carbocycles. The van der Waals surface area contributed by atoms with Crippen molar-refractivity contribution in [3.8, 4) is 0 Å². The van der Waals surface area contributed by atoms with E-state index in [0.717, 1.165) is 11.8 Å². The number of rotatable bonds is 2. The molecule has 2 fully saturated rings. The van der Waals surface area contributed by atoms with Crippen LogP contribution in [0.5, 0.6) is 0 Å². The van der Waals surface area contributed by atoms with E-state index in [-0.39, 0.29) is 6.04 Å². The lowest BCUT2D eigenvalue weighted by Gasteiger charge is -2.41.